The second-order valence-electron chi connectivity index (χ2n) is 5.02. The first-order chi connectivity index (χ1) is 9.97. The molecule has 2 rings (SSSR count). The average Bonchev–Trinajstić information content (AvgIpc) is 2.44. The summed E-state index contributed by atoms with van der Waals surface area (Å²) in [4.78, 5) is 26.4. The van der Waals surface area contributed by atoms with Crippen LogP contribution in [0.3, 0.4) is 0 Å². The second kappa shape index (κ2) is 6.91. The topological polar surface area (TPSA) is 72.9 Å². The van der Waals surface area contributed by atoms with E-state index >= 15 is 0 Å². The Morgan fingerprint density at radius 3 is 2.57 bits per heavy atom. The molecular formula is C14H18BrN3O3. The highest BCUT2D eigenvalue weighted by atomic mass is 79.9. The van der Waals surface area contributed by atoms with Crippen molar-refractivity contribution in [1.29, 1.82) is 0 Å². The Bertz CT molecular complexity index is 542. The van der Waals surface area contributed by atoms with Crippen molar-refractivity contribution in [3.05, 3.63) is 28.2 Å². The Morgan fingerprint density at radius 1 is 1.29 bits per heavy atom. The van der Waals surface area contributed by atoms with Crippen LogP contribution in [0.2, 0.25) is 0 Å². The van der Waals surface area contributed by atoms with Gasteiger partial charge in [-0.3, -0.25) is 9.69 Å². The number of carboxylic acids is 1. The van der Waals surface area contributed by atoms with Crippen LogP contribution < -0.4 is 5.32 Å². The molecule has 7 heteroatoms. The van der Waals surface area contributed by atoms with Gasteiger partial charge in [0.1, 0.15) is 0 Å². The van der Waals surface area contributed by atoms with Crippen molar-refractivity contribution < 1.29 is 14.7 Å². The molecule has 1 aromatic rings. The van der Waals surface area contributed by atoms with Gasteiger partial charge >= 0.3 is 12.0 Å². The van der Waals surface area contributed by atoms with Crippen molar-refractivity contribution in [2.75, 3.05) is 38.0 Å². The fourth-order valence-electron chi connectivity index (χ4n) is 2.24. The van der Waals surface area contributed by atoms with Gasteiger partial charge in [-0.1, -0.05) is 12.1 Å². The van der Waals surface area contributed by atoms with Crippen LogP contribution in [0, 0.1) is 6.92 Å². The summed E-state index contributed by atoms with van der Waals surface area (Å²) >= 11 is 3.46. The second-order valence-corrected chi connectivity index (χ2v) is 5.82. The molecule has 114 valence electrons. The molecule has 0 aliphatic carbocycles. The van der Waals surface area contributed by atoms with Gasteiger partial charge in [-0.05, 0) is 34.5 Å². The number of hydrogen-bond acceptors (Lipinski definition) is 3. The minimum Gasteiger partial charge on any atom is -0.480 e. The summed E-state index contributed by atoms with van der Waals surface area (Å²) in [5.41, 5.74) is 1.80. The molecule has 0 atom stereocenters. The van der Waals surface area contributed by atoms with E-state index in [1.807, 2.05) is 30.0 Å². The summed E-state index contributed by atoms with van der Waals surface area (Å²) < 4.78 is 0.878. The molecule has 2 amide bonds. The lowest BCUT2D eigenvalue weighted by Crippen LogP contribution is -2.51. The van der Waals surface area contributed by atoms with Crippen LogP contribution in [0.4, 0.5) is 10.5 Å². The highest BCUT2D eigenvalue weighted by Gasteiger charge is 2.22. The zero-order chi connectivity index (χ0) is 15.4. The standard InChI is InChI=1S/C14H18BrN3O3/c1-10-3-2-4-11(13(10)15)16-14(21)18-7-5-17(6-8-18)9-12(19)20/h2-4H,5-9H2,1H3,(H,16,21)(H,19,20). The number of aliphatic carboxylic acids is 1. The van der Waals surface area contributed by atoms with Crippen LogP contribution in [-0.4, -0.2) is 59.6 Å². The molecule has 1 heterocycles. The molecule has 6 nitrogen and oxygen atoms in total. The van der Waals surface area contributed by atoms with Crippen molar-refractivity contribution in [3.8, 4) is 0 Å². The average molecular weight is 356 g/mol. The maximum atomic E-state index is 12.2. The van der Waals surface area contributed by atoms with Crippen molar-refractivity contribution in [2.45, 2.75) is 6.92 Å². The molecule has 1 aliphatic heterocycles. The molecule has 0 spiro atoms. The molecule has 21 heavy (non-hydrogen) atoms. The van der Waals surface area contributed by atoms with Crippen LogP contribution in [-0.2, 0) is 4.79 Å². The molecule has 0 radical (unpaired) electrons. The zero-order valence-corrected chi connectivity index (χ0v) is 13.4. The Labute approximate surface area is 131 Å². The fourth-order valence-corrected chi connectivity index (χ4v) is 2.60. The van der Waals surface area contributed by atoms with Gasteiger partial charge < -0.3 is 15.3 Å². The minimum atomic E-state index is -0.836. The van der Waals surface area contributed by atoms with Crippen LogP contribution in [0.15, 0.2) is 22.7 Å². The minimum absolute atomic E-state index is 0.0267. The molecule has 1 fully saturated rings. The van der Waals surface area contributed by atoms with E-state index in [2.05, 4.69) is 21.2 Å². The number of anilines is 1. The molecular weight excluding hydrogens is 338 g/mol. The number of halogens is 1. The van der Waals surface area contributed by atoms with E-state index in [1.54, 1.807) is 4.90 Å². The van der Waals surface area contributed by atoms with Crippen molar-refractivity contribution in [2.24, 2.45) is 0 Å². The maximum Gasteiger partial charge on any atom is 0.321 e. The normalized spacial score (nSPS) is 15.8. The van der Waals surface area contributed by atoms with E-state index in [-0.39, 0.29) is 12.6 Å². The van der Waals surface area contributed by atoms with Crippen molar-refractivity contribution in [3.63, 3.8) is 0 Å². The zero-order valence-electron chi connectivity index (χ0n) is 11.8. The van der Waals surface area contributed by atoms with Gasteiger partial charge in [0.05, 0.1) is 12.2 Å². The molecule has 0 unspecified atom stereocenters. The van der Waals surface area contributed by atoms with Crippen LogP contribution in [0.5, 0.6) is 0 Å². The third kappa shape index (κ3) is 4.18. The smallest absolute Gasteiger partial charge is 0.321 e. The van der Waals surface area contributed by atoms with Gasteiger partial charge in [0.15, 0.2) is 0 Å². The third-order valence-electron chi connectivity index (χ3n) is 3.45. The number of rotatable bonds is 3. The number of amides is 2. The molecule has 2 N–H and O–H groups in total. The molecule has 0 saturated carbocycles. The first-order valence-corrected chi connectivity index (χ1v) is 7.52. The Kier molecular flexibility index (Phi) is 5.19. The lowest BCUT2D eigenvalue weighted by molar-refractivity contribution is -0.138. The molecule has 1 aromatic carbocycles. The Balaban J connectivity index is 1.90. The lowest BCUT2D eigenvalue weighted by Gasteiger charge is -2.33. The summed E-state index contributed by atoms with van der Waals surface area (Å²) in [6.45, 7) is 4.21. The summed E-state index contributed by atoms with van der Waals surface area (Å²) in [5, 5.41) is 11.6. The summed E-state index contributed by atoms with van der Waals surface area (Å²) in [6.07, 6.45) is 0. The number of hydrogen-bond donors (Lipinski definition) is 2. The van der Waals surface area contributed by atoms with Crippen molar-refractivity contribution in [1.82, 2.24) is 9.80 Å². The first-order valence-electron chi connectivity index (χ1n) is 6.72. The number of carbonyl (C=O) groups excluding carboxylic acids is 1. The molecule has 1 aliphatic rings. The van der Waals surface area contributed by atoms with Gasteiger partial charge in [-0.2, -0.15) is 0 Å². The van der Waals surface area contributed by atoms with Gasteiger partial charge in [-0.15, -0.1) is 0 Å². The third-order valence-corrected chi connectivity index (χ3v) is 4.50. The number of nitrogens with one attached hydrogen (secondary N) is 1. The summed E-state index contributed by atoms with van der Waals surface area (Å²) in [5.74, 6) is -0.836. The first kappa shape index (κ1) is 15.8. The van der Waals surface area contributed by atoms with Gasteiger partial charge in [0.25, 0.3) is 0 Å². The molecule has 0 aromatic heterocycles. The highest BCUT2D eigenvalue weighted by molar-refractivity contribution is 9.10. The maximum absolute atomic E-state index is 12.2. The summed E-state index contributed by atoms with van der Waals surface area (Å²) in [7, 11) is 0. The van der Waals surface area contributed by atoms with Crippen LogP contribution in [0.1, 0.15) is 5.56 Å². The predicted molar refractivity (Wildman–Crippen MR) is 83.5 cm³/mol. The number of nitrogens with zero attached hydrogens (tertiary/aromatic N) is 2. The Hall–Kier alpha value is -1.60. The quantitative estimate of drug-likeness (QED) is 0.869. The lowest BCUT2D eigenvalue weighted by atomic mass is 10.2. The SMILES string of the molecule is Cc1cccc(NC(=O)N2CCN(CC(=O)O)CC2)c1Br. The van der Waals surface area contributed by atoms with Gasteiger partial charge in [-0.25, -0.2) is 4.79 Å². The van der Waals surface area contributed by atoms with Gasteiger partial charge in [0, 0.05) is 30.7 Å². The number of carboxylic acid groups (broad SMARTS) is 1. The van der Waals surface area contributed by atoms with E-state index in [0.29, 0.717) is 26.2 Å². The largest absolute Gasteiger partial charge is 0.480 e. The van der Waals surface area contributed by atoms with E-state index in [4.69, 9.17) is 5.11 Å². The van der Waals surface area contributed by atoms with Crippen LogP contribution >= 0.6 is 15.9 Å². The number of urea groups is 1. The number of benzene rings is 1. The van der Waals surface area contributed by atoms with Gasteiger partial charge in [0.2, 0.25) is 0 Å². The number of aryl methyl sites for hydroxylation is 1. The summed E-state index contributed by atoms with van der Waals surface area (Å²) in [6, 6.07) is 5.54. The fraction of sp³-hybridized carbons (Fsp3) is 0.429. The van der Waals surface area contributed by atoms with E-state index < -0.39 is 5.97 Å². The molecule has 0 bridgehead atoms. The van der Waals surface area contributed by atoms with Crippen LogP contribution in [0.25, 0.3) is 0 Å². The van der Waals surface area contributed by atoms with E-state index in [9.17, 15) is 9.59 Å². The van der Waals surface area contributed by atoms with Crippen molar-refractivity contribution >= 4 is 33.6 Å². The number of carbonyl (C=O) groups is 2. The Morgan fingerprint density at radius 2 is 1.95 bits per heavy atom. The van der Waals surface area contributed by atoms with E-state index in [0.717, 1.165) is 15.7 Å². The monoisotopic (exact) mass is 355 g/mol. The van der Waals surface area contributed by atoms with E-state index in [1.165, 1.54) is 0 Å². The number of piperazine rings is 1. The predicted octanol–water partition coefficient (Wildman–Crippen LogP) is 1.99. The highest BCUT2D eigenvalue weighted by Crippen LogP contribution is 2.26. The molecule has 1 saturated heterocycles.